The number of nitrogens with two attached hydrogens (primary N) is 1. The van der Waals surface area contributed by atoms with Crippen molar-refractivity contribution in [2.45, 2.75) is 38.0 Å². The van der Waals surface area contributed by atoms with E-state index >= 15 is 0 Å². The summed E-state index contributed by atoms with van der Waals surface area (Å²) in [6.45, 7) is -1.36. The number of hydrogen-bond donors (Lipinski definition) is 2. The van der Waals surface area contributed by atoms with E-state index in [1.165, 1.54) is 0 Å². The van der Waals surface area contributed by atoms with Crippen LogP contribution in [0.25, 0.3) is 0 Å². The van der Waals surface area contributed by atoms with Crippen molar-refractivity contribution in [3.63, 3.8) is 0 Å². The highest BCUT2D eigenvalue weighted by atomic mass is 19.3. The van der Waals surface area contributed by atoms with Crippen molar-refractivity contribution in [3.8, 4) is 0 Å². The van der Waals surface area contributed by atoms with Crippen molar-refractivity contribution in [2.24, 2.45) is 11.7 Å². The number of carbonyl (C=O) groups is 1. The maximum Gasteiger partial charge on any atom is 0.277 e. The van der Waals surface area contributed by atoms with E-state index in [1.54, 1.807) is 0 Å². The van der Waals surface area contributed by atoms with E-state index in [0.29, 0.717) is 0 Å². The molecule has 0 aromatic rings. The summed E-state index contributed by atoms with van der Waals surface area (Å²) < 4.78 is 25.5. The van der Waals surface area contributed by atoms with Crippen molar-refractivity contribution < 1.29 is 13.6 Å². The standard InChI is InChI=1S/C10H18F2N2O/c11-10(12,6-13)7-14-9(15)8-4-2-1-3-5-8/h8H,1-7,13H2,(H,14,15). The predicted octanol–water partition coefficient (Wildman–Crippen LogP) is 1.28. The Hall–Kier alpha value is -0.710. The molecule has 0 radical (unpaired) electrons. The van der Waals surface area contributed by atoms with E-state index in [-0.39, 0.29) is 11.8 Å². The van der Waals surface area contributed by atoms with Gasteiger partial charge in [0, 0.05) is 5.92 Å². The molecule has 3 N–H and O–H groups in total. The first-order valence-corrected chi connectivity index (χ1v) is 5.41. The number of alkyl halides is 2. The summed E-state index contributed by atoms with van der Waals surface area (Å²) in [5.74, 6) is -3.31. The Morgan fingerprint density at radius 3 is 2.47 bits per heavy atom. The van der Waals surface area contributed by atoms with Crippen molar-refractivity contribution >= 4 is 5.91 Å². The minimum atomic E-state index is -2.98. The molecule has 88 valence electrons. The molecule has 0 aromatic heterocycles. The van der Waals surface area contributed by atoms with Crippen LogP contribution in [0.15, 0.2) is 0 Å². The molecule has 1 aliphatic rings. The van der Waals surface area contributed by atoms with E-state index in [9.17, 15) is 13.6 Å². The first-order valence-electron chi connectivity index (χ1n) is 5.41. The average molecular weight is 220 g/mol. The van der Waals surface area contributed by atoms with Crippen molar-refractivity contribution in [2.75, 3.05) is 13.1 Å². The van der Waals surface area contributed by atoms with Crippen LogP contribution in [-0.2, 0) is 4.79 Å². The third-order valence-electron chi connectivity index (χ3n) is 2.80. The molecular formula is C10H18F2N2O. The Labute approximate surface area is 88.4 Å². The first-order chi connectivity index (χ1) is 7.05. The van der Waals surface area contributed by atoms with E-state index < -0.39 is 19.0 Å². The van der Waals surface area contributed by atoms with Crippen molar-refractivity contribution in [3.05, 3.63) is 0 Å². The summed E-state index contributed by atoms with van der Waals surface area (Å²) in [6, 6.07) is 0. The third-order valence-corrected chi connectivity index (χ3v) is 2.80. The van der Waals surface area contributed by atoms with E-state index in [2.05, 4.69) is 5.32 Å². The quantitative estimate of drug-likeness (QED) is 0.749. The molecule has 1 rings (SSSR count). The van der Waals surface area contributed by atoms with Crippen LogP contribution in [0, 0.1) is 5.92 Å². The Morgan fingerprint density at radius 2 is 1.93 bits per heavy atom. The fourth-order valence-electron chi connectivity index (χ4n) is 1.80. The van der Waals surface area contributed by atoms with E-state index in [0.717, 1.165) is 32.1 Å². The van der Waals surface area contributed by atoms with Crippen molar-refractivity contribution in [1.29, 1.82) is 0 Å². The minimum absolute atomic E-state index is 0.0766. The van der Waals surface area contributed by atoms with Gasteiger partial charge in [0.25, 0.3) is 5.92 Å². The molecule has 1 aliphatic carbocycles. The zero-order valence-electron chi connectivity index (χ0n) is 8.77. The fourth-order valence-corrected chi connectivity index (χ4v) is 1.80. The van der Waals surface area contributed by atoms with Crippen LogP contribution in [0.5, 0.6) is 0 Å². The molecule has 15 heavy (non-hydrogen) atoms. The van der Waals surface area contributed by atoms with Crippen LogP contribution in [0.4, 0.5) is 8.78 Å². The smallest absolute Gasteiger partial charge is 0.277 e. The Bertz CT molecular complexity index is 215. The monoisotopic (exact) mass is 220 g/mol. The molecule has 3 nitrogen and oxygen atoms in total. The second-order valence-corrected chi connectivity index (χ2v) is 4.11. The number of rotatable bonds is 4. The van der Waals surface area contributed by atoms with Gasteiger partial charge in [-0.2, -0.15) is 0 Å². The minimum Gasteiger partial charge on any atom is -0.350 e. The first kappa shape index (κ1) is 12.4. The Morgan fingerprint density at radius 1 is 1.33 bits per heavy atom. The van der Waals surface area contributed by atoms with Gasteiger partial charge in [-0.05, 0) is 12.8 Å². The molecule has 5 heteroatoms. The highest BCUT2D eigenvalue weighted by Crippen LogP contribution is 2.23. The van der Waals surface area contributed by atoms with Crippen LogP contribution in [0.3, 0.4) is 0 Å². The molecule has 0 spiro atoms. The third kappa shape index (κ3) is 4.11. The summed E-state index contributed by atoms with van der Waals surface area (Å²) in [6.07, 6.45) is 4.82. The molecule has 1 saturated carbocycles. The highest BCUT2D eigenvalue weighted by molar-refractivity contribution is 5.78. The van der Waals surface area contributed by atoms with Crippen LogP contribution in [0.1, 0.15) is 32.1 Å². The van der Waals surface area contributed by atoms with Crippen LogP contribution >= 0.6 is 0 Å². The summed E-state index contributed by atoms with van der Waals surface area (Å²) >= 11 is 0. The lowest BCUT2D eigenvalue weighted by Crippen LogP contribution is -2.43. The molecule has 0 aromatic carbocycles. The lowest BCUT2D eigenvalue weighted by Gasteiger charge is -2.22. The molecule has 1 amide bonds. The largest absolute Gasteiger partial charge is 0.350 e. The average Bonchev–Trinajstić information content (AvgIpc) is 2.27. The molecule has 0 saturated heterocycles. The van der Waals surface area contributed by atoms with Crippen molar-refractivity contribution in [1.82, 2.24) is 5.32 Å². The second kappa shape index (κ2) is 5.39. The molecule has 0 heterocycles. The Balaban J connectivity index is 2.28. The molecule has 0 unspecified atom stereocenters. The summed E-state index contributed by atoms with van der Waals surface area (Å²) in [5.41, 5.74) is 4.87. The van der Waals surface area contributed by atoms with Gasteiger partial charge in [0.1, 0.15) is 0 Å². The number of amides is 1. The van der Waals surface area contributed by atoms with Gasteiger partial charge in [-0.15, -0.1) is 0 Å². The van der Waals surface area contributed by atoms with Gasteiger partial charge in [-0.3, -0.25) is 4.79 Å². The summed E-state index contributed by atoms with van der Waals surface area (Å²) in [7, 11) is 0. The number of halogens is 2. The number of carbonyl (C=O) groups excluding carboxylic acids is 1. The molecule has 1 fully saturated rings. The Kier molecular flexibility index (Phi) is 4.45. The molecule has 0 aliphatic heterocycles. The molecule has 0 atom stereocenters. The zero-order chi connectivity index (χ0) is 11.3. The van der Waals surface area contributed by atoms with Crippen LogP contribution in [0.2, 0.25) is 0 Å². The number of hydrogen-bond acceptors (Lipinski definition) is 2. The van der Waals surface area contributed by atoms with E-state index in [4.69, 9.17) is 5.73 Å². The van der Waals surface area contributed by atoms with Crippen LogP contribution in [-0.4, -0.2) is 24.9 Å². The van der Waals surface area contributed by atoms with E-state index in [1.807, 2.05) is 0 Å². The topological polar surface area (TPSA) is 55.1 Å². The van der Waals surface area contributed by atoms with Gasteiger partial charge in [-0.1, -0.05) is 19.3 Å². The lowest BCUT2D eigenvalue weighted by atomic mass is 9.88. The maximum atomic E-state index is 12.7. The van der Waals surface area contributed by atoms with Gasteiger partial charge in [0.05, 0.1) is 13.1 Å². The fraction of sp³-hybridized carbons (Fsp3) is 0.900. The van der Waals surface area contributed by atoms with Gasteiger partial charge in [0.15, 0.2) is 0 Å². The lowest BCUT2D eigenvalue weighted by molar-refractivity contribution is -0.127. The zero-order valence-corrected chi connectivity index (χ0v) is 8.77. The maximum absolute atomic E-state index is 12.7. The summed E-state index contributed by atoms with van der Waals surface area (Å²) in [4.78, 5) is 11.5. The molecular weight excluding hydrogens is 202 g/mol. The normalized spacial score (nSPS) is 18.9. The predicted molar refractivity (Wildman–Crippen MR) is 53.6 cm³/mol. The SMILES string of the molecule is NCC(F)(F)CNC(=O)C1CCCCC1. The van der Waals surface area contributed by atoms with Gasteiger partial charge < -0.3 is 11.1 Å². The highest BCUT2D eigenvalue weighted by Gasteiger charge is 2.29. The number of nitrogens with one attached hydrogen (secondary N) is 1. The summed E-state index contributed by atoms with van der Waals surface area (Å²) in [5, 5.41) is 2.27. The van der Waals surface area contributed by atoms with Gasteiger partial charge >= 0.3 is 0 Å². The second-order valence-electron chi connectivity index (χ2n) is 4.11. The van der Waals surface area contributed by atoms with Gasteiger partial charge in [-0.25, -0.2) is 8.78 Å². The van der Waals surface area contributed by atoms with Gasteiger partial charge in [0.2, 0.25) is 5.91 Å². The molecule has 0 bridgehead atoms. The van der Waals surface area contributed by atoms with Crippen LogP contribution < -0.4 is 11.1 Å².